The third-order valence-corrected chi connectivity index (χ3v) is 4.10. The molecule has 0 aliphatic carbocycles. The Hall–Kier alpha value is -2.24. The number of fused-ring (bicyclic) bond motifs is 1. The first kappa shape index (κ1) is 13.4. The van der Waals surface area contributed by atoms with Gasteiger partial charge >= 0.3 is 0 Å². The number of ether oxygens (including phenoxy) is 1. The molecule has 0 spiro atoms. The third kappa shape index (κ3) is 2.38. The molecule has 0 bridgehead atoms. The van der Waals surface area contributed by atoms with Crippen LogP contribution in [-0.4, -0.2) is 46.2 Å². The van der Waals surface area contributed by atoms with E-state index in [1.807, 2.05) is 28.9 Å². The molecule has 1 atom stereocenters. The standard InChI is InChI=1S/C17H18N4O/c1-2-6-14(7-3-1)17(20-10-12-22-13-11-20)21-16-9-5-4-8-15(16)18-19-21/h1-9,17H,10-13H2/t17-/m1/s1. The van der Waals surface area contributed by atoms with Crippen LogP contribution in [0.5, 0.6) is 0 Å². The summed E-state index contributed by atoms with van der Waals surface area (Å²) in [4.78, 5) is 2.40. The Morgan fingerprint density at radius 2 is 1.64 bits per heavy atom. The molecule has 0 unspecified atom stereocenters. The zero-order valence-corrected chi connectivity index (χ0v) is 12.3. The smallest absolute Gasteiger partial charge is 0.132 e. The first-order chi connectivity index (χ1) is 10.9. The van der Waals surface area contributed by atoms with Gasteiger partial charge in [-0.05, 0) is 17.7 Å². The fourth-order valence-corrected chi connectivity index (χ4v) is 3.02. The molecule has 4 rings (SSSR count). The Kier molecular flexibility index (Phi) is 3.58. The maximum Gasteiger partial charge on any atom is 0.132 e. The molecule has 1 aliphatic heterocycles. The molecule has 1 aliphatic rings. The van der Waals surface area contributed by atoms with Crippen LogP contribution in [0.4, 0.5) is 0 Å². The van der Waals surface area contributed by atoms with Crippen molar-refractivity contribution in [2.45, 2.75) is 6.17 Å². The third-order valence-electron chi connectivity index (χ3n) is 4.10. The number of hydrogen-bond donors (Lipinski definition) is 0. The van der Waals surface area contributed by atoms with Crippen LogP contribution in [0.3, 0.4) is 0 Å². The highest BCUT2D eigenvalue weighted by atomic mass is 16.5. The molecule has 22 heavy (non-hydrogen) atoms. The zero-order chi connectivity index (χ0) is 14.8. The van der Waals surface area contributed by atoms with Gasteiger partial charge in [-0.2, -0.15) is 0 Å². The van der Waals surface area contributed by atoms with Gasteiger partial charge in [0.2, 0.25) is 0 Å². The predicted octanol–water partition coefficient (Wildman–Crippen LogP) is 2.31. The SMILES string of the molecule is c1ccc([C@H](N2CCOCC2)n2nnc3ccccc32)cc1. The summed E-state index contributed by atoms with van der Waals surface area (Å²) in [6.45, 7) is 3.31. The Morgan fingerprint density at radius 1 is 0.909 bits per heavy atom. The fourth-order valence-electron chi connectivity index (χ4n) is 3.02. The van der Waals surface area contributed by atoms with E-state index in [0.717, 1.165) is 37.3 Å². The van der Waals surface area contributed by atoms with Crippen LogP contribution in [0.1, 0.15) is 11.7 Å². The molecule has 1 fully saturated rings. The predicted molar refractivity (Wildman–Crippen MR) is 84.5 cm³/mol. The average Bonchev–Trinajstić information content (AvgIpc) is 3.01. The van der Waals surface area contributed by atoms with Crippen LogP contribution >= 0.6 is 0 Å². The molecule has 5 nitrogen and oxygen atoms in total. The molecule has 0 saturated carbocycles. The Morgan fingerprint density at radius 3 is 2.45 bits per heavy atom. The summed E-state index contributed by atoms with van der Waals surface area (Å²) in [5, 5.41) is 8.75. The Labute approximate surface area is 129 Å². The van der Waals surface area contributed by atoms with Gasteiger partial charge in [-0.3, -0.25) is 4.90 Å². The summed E-state index contributed by atoms with van der Waals surface area (Å²) in [6, 6.07) is 18.6. The lowest BCUT2D eigenvalue weighted by molar-refractivity contribution is 0.00713. The molecular formula is C17H18N4O. The number of rotatable bonds is 3. The van der Waals surface area contributed by atoms with Crippen molar-refractivity contribution in [2.24, 2.45) is 0 Å². The van der Waals surface area contributed by atoms with Crippen molar-refractivity contribution in [1.82, 2.24) is 19.9 Å². The number of para-hydroxylation sites is 1. The minimum atomic E-state index is 0.0532. The van der Waals surface area contributed by atoms with E-state index < -0.39 is 0 Å². The van der Waals surface area contributed by atoms with E-state index in [0.29, 0.717) is 0 Å². The molecule has 5 heteroatoms. The number of hydrogen-bond acceptors (Lipinski definition) is 4. The second-order valence-electron chi connectivity index (χ2n) is 5.46. The second kappa shape index (κ2) is 5.87. The maximum atomic E-state index is 5.50. The first-order valence-electron chi connectivity index (χ1n) is 7.60. The number of benzene rings is 2. The van der Waals surface area contributed by atoms with Crippen molar-refractivity contribution in [1.29, 1.82) is 0 Å². The van der Waals surface area contributed by atoms with Crippen LogP contribution in [0.25, 0.3) is 11.0 Å². The minimum Gasteiger partial charge on any atom is -0.379 e. The molecule has 1 saturated heterocycles. The van der Waals surface area contributed by atoms with Crippen LogP contribution in [0.15, 0.2) is 54.6 Å². The van der Waals surface area contributed by atoms with E-state index in [4.69, 9.17) is 4.74 Å². The monoisotopic (exact) mass is 294 g/mol. The molecule has 1 aromatic heterocycles. The summed E-state index contributed by atoms with van der Waals surface area (Å²) < 4.78 is 7.53. The van der Waals surface area contributed by atoms with E-state index in [9.17, 15) is 0 Å². The topological polar surface area (TPSA) is 43.2 Å². The lowest BCUT2D eigenvalue weighted by Gasteiger charge is -2.34. The van der Waals surface area contributed by atoms with E-state index in [1.54, 1.807) is 0 Å². The second-order valence-corrected chi connectivity index (χ2v) is 5.46. The van der Waals surface area contributed by atoms with Crippen molar-refractivity contribution < 1.29 is 4.74 Å². The largest absolute Gasteiger partial charge is 0.379 e. The Bertz CT molecular complexity index is 749. The van der Waals surface area contributed by atoms with Crippen molar-refractivity contribution >= 4 is 11.0 Å². The van der Waals surface area contributed by atoms with Gasteiger partial charge in [0.1, 0.15) is 11.7 Å². The summed E-state index contributed by atoms with van der Waals surface area (Å²) >= 11 is 0. The van der Waals surface area contributed by atoms with Gasteiger partial charge in [-0.25, -0.2) is 4.68 Å². The van der Waals surface area contributed by atoms with E-state index in [1.165, 1.54) is 5.56 Å². The maximum absolute atomic E-state index is 5.50. The minimum absolute atomic E-state index is 0.0532. The normalized spacial score (nSPS) is 17.6. The summed E-state index contributed by atoms with van der Waals surface area (Å²) in [7, 11) is 0. The van der Waals surface area contributed by atoms with Gasteiger partial charge in [0, 0.05) is 13.1 Å². The summed E-state index contributed by atoms with van der Waals surface area (Å²) in [5.74, 6) is 0. The molecule has 2 heterocycles. The molecule has 112 valence electrons. The highest BCUT2D eigenvalue weighted by Crippen LogP contribution is 2.26. The lowest BCUT2D eigenvalue weighted by Crippen LogP contribution is -2.42. The van der Waals surface area contributed by atoms with Crippen LogP contribution in [0.2, 0.25) is 0 Å². The first-order valence-corrected chi connectivity index (χ1v) is 7.60. The van der Waals surface area contributed by atoms with Gasteiger partial charge in [-0.1, -0.05) is 47.7 Å². The zero-order valence-electron chi connectivity index (χ0n) is 12.3. The number of morpholine rings is 1. The van der Waals surface area contributed by atoms with Crippen molar-refractivity contribution in [3.8, 4) is 0 Å². The van der Waals surface area contributed by atoms with Crippen molar-refractivity contribution in [3.63, 3.8) is 0 Å². The Balaban J connectivity index is 1.83. The van der Waals surface area contributed by atoms with Crippen molar-refractivity contribution in [2.75, 3.05) is 26.3 Å². The van der Waals surface area contributed by atoms with E-state index in [-0.39, 0.29) is 6.17 Å². The van der Waals surface area contributed by atoms with Gasteiger partial charge in [0.25, 0.3) is 0 Å². The van der Waals surface area contributed by atoms with Gasteiger partial charge < -0.3 is 4.74 Å². The molecule has 2 aromatic carbocycles. The fraction of sp³-hybridized carbons (Fsp3) is 0.294. The van der Waals surface area contributed by atoms with Gasteiger partial charge in [0.15, 0.2) is 0 Å². The molecule has 0 radical (unpaired) electrons. The molecule has 3 aromatic rings. The van der Waals surface area contributed by atoms with Crippen LogP contribution < -0.4 is 0 Å². The van der Waals surface area contributed by atoms with Crippen LogP contribution in [0, 0.1) is 0 Å². The van der Waals surface area contributed by atoms with Gasteiger partial charge in [0.05, 0.1) is 18.7 Å². The molecule has 0 N–H and O–H groups in total. The van der Waals surface area contributed by atoms with Crippen molar-refractivity contribution in [3.05, 3.63) is 60.2 Å². The molecule has 0 amide bonds. The summed E-state index contributed by atoms with van der Waals surface area (Å²) in [6.07, 6.45) is 0.0532. The van der Waals surface area contributed by atoms with Crippen LogP contribution in [-0.2, 0) is 4.74 Å². The van der Waals surface area contributed by atoms with Gasteiger partial charge in [-0.15, -0.1) is 5.10 Å². The highest BCUT2D eigenvalue weighted by molar-refractivity contribution is 5.74. The quantitative estimate of drug-likeness (QED) is 0.743. The molecular weight excluding hydrogens is 276 g/mol. The van der Waals surface area contributed by atoms with E-state index in [2.05, 4.69) is 45.5 Å². The summed E-state index contributed by atoms with van der Waals surface area (Å²) in [5.41, 5.74) is 3.21. The highest BCUT2D eigenvalue weighted by Gasteiger charge is 2.26. The number of aromatic nitrogens is 3. The van der Waals surface area contributed by atoms with E-state index >= 15 is 0 Å². The average molecular weight is 294 g/mol. The lowest BCUT2D eigenvalue weighted by atomic mass is 10.1. The number of nitrogens with zero attached hydrogens (tertiary/aromatic N) is 4.